The second-order valence-corrected chi connectivity index (χ2v) is 15.1. The molecule has 7 atom stereocenters. The van der Waals surface area contributed by atoms with Crippen molar-refractivity contribution < 1.29 is 34.0 Å². The summed E-state index contributed by atoms with van der Waals surface area (Å²) in [5, 5.41) is 32.8. The van der Waals surface area contributed by atoms with Gasteiger partial charge in [0.2, 0.25) is 5.79 Å². The Morgan fingerprint density at radius 3 is 2.58 bits per heavy atom. The Hall–Kier alpha value is -1.10. The summed E-state index contributed by atoms with van der Waals surface area (Å²) < 4.78 is 24.2. The molecule has 1 aromatic carbocycles. The average Bonchev–Trinajstić information content (AvgIpc) is 3.12. The average molecular weight is 451 g/mol. The molecule has 3 N–H and O–H groups in total. The maximum atomic E-state index is 11.2. The summed E-state index contributed by atoms with van der Waals surface area (Å²) in [6.45, 7) is 10.8. The molecule has 1 aromatic rings. The molecule has 2 bridgehead atoms. The number of hydrogen-bond donors (Lipinski definition) is 3. The van der Waals surface area contributed by atoms with Crippen molar-refractivity contribution in [3.05, 3.63) is 41.5 Å². The molecular formula is C23H34O7Si. The first-order chi connectivity index (χ1) is 14.5. The Labute approximate surface area is 184 Å². The molecule has 7 nitrogen and oxygen atoms in total. The molecule has 0 saturated carbocycles. The van der Waals surface area contributed by atoms with Gasteiger partial charge in [-0.1, -0.05) is 57.2 Å². The highest BCUT2D eigenvalue weighted by Crippen LogP contribution is 2.43. The third kappa shape index (κ3) is 4.04. The van der Waals surface area contributed by atoms with E-state index in [1.54, 1.807) is 6.08 Å². The Kier molecular flexibility index (Phi) is 5.98. The minimum Gasteiger partial charge on any atom is -0.411 e. The van der Waals surface area contributed by atoms with Gasteiger partial charge >= 0.3 is 0 Å². The van der Waals surface area contributed by atoms with Gasteiger partial charge in [-0.15, -0.1) is 0 Å². The number of benzene rings is 1. The summed E-state index contributed by atoms with van der Waals surface area (Å²) >= 11 is 0. The molecule has 0 radical (unpaired) electrons. The van der Waals surface area contributed by atoms with E-state index in [9.17, 15) is 15.3 Å². The van der Waals surface area contributed by atoms with Gasteiger partial charge in [-0.05, 0) is 29.3 Å². The summed E-state index contributed by atoms with van der Waals surface area (Å²) in [6, 6.07) is 7.53. The number of rotatable bonds is 5. The van der Waals surface area contributed by atoms with Crippen molar-refractivity contribution in [2.75, 3.05) is 13.2 Å². The van der Waals surface area contributed by atoms with Crippen molar-refractivity contribution in [3.63, 3.8) is 0 Å². The first-order valence-corrected chi connectivity index (χ1v) is 13.8. The van der Waals surface area contributed by atoms with E-state index in [1.807, 2.05) is 30.3 Å². The number of aliphatic hydroxyl groups excluding tert-OH is 3. The zero-order valence-electron chi connectivity index (χ0n) is 18.8. The molecule has 2 fully saturated rings. The van der Waals surface area contributed by atoms with Crippen LogP contribution < -0.4 is 0 Å². The van der Waals surface area contributed by atoms with Crippen molar-refractivity contribution in [1.82, 2.24) is 0 Å². The van der Waals surface area contributed by atoms with Crippen LogP contribution in [0.2, 0.25) is 18.1 Å². The van der Waals surface area contributed by atoms with Gasteiger partial charge in [0.05, 0.1) is 13.2 Å². The number of fused-ring (bicyclic) bond motifs is 3. The van der Waals surface area contributed by atoms with Crippen LogP contribution in [0.1, 0.15) is 38.0 Å². The molecule has 3 aliphatic rings. The number of aliphatic hydroxyl groups is 3. The second kappa shape index (κ2) is 8.04. The van der Waals surface area contributed by atoms with Gasteiger partial charge in [-0.3, -0.25) is 0 Å². The normalized spacial score (nSPS) is 37.7. The lowest BCUT2D eigenvalue weighted by Gasteiger charge is -2.46. The molecule has 31 heavy (non-hydrogen) atoms. The Bertz CT molecular complexity index is 835. The molecule has 0 spiro atoms. The molecule has 4 rings (SSSR count). The minimum absolute atomic E-state index is 0.0128. The van der Waals surface area contributed by atoms with E-state index in [0.717, 1.165) is 11.1 Å². The van der Waals surface area contributed by atoms with Crippen LogP contribution in [0.5, 0.6) is 0 Å². The zero-order valence-corrected chi connectivity index (χ0v) is 19.8. The van der Waals surface area contributed by atoms with Crippen LogP contribution in [0.3, 0.4) is 0 Å². The molecule has 2 heterocycles. The molecule has 2 aliphatic heterocycles. The van der Waals surface area contributed by atoms with E-state index in [1.165, 1.54) is 0 Å². The van der Waals surface area contributed by atoms with E-state index < -0.39 is 50.7 Å². The molecule has 0 aromatic heterocycles. The van der Waals surface area contributed by atoms with E-state index in [2.05, 4.69) is 33.9 Å². The van der Waals surface area contributed by atoms with Crippen LogP contribution in [0.25, 0.3) is 6.08 Å². The lowest BCUT2D eigenvalue weighted by Crippen LogP contribution is -2.64. The van der Waals surface area contributed by atoms with Gasteiger partial charge < -0.3 is 34.0 Å². The molecule has 0 amide bonds. The number of ether oxygens (including phenoxy) is 3. The van der Waals surface area contributed by atoms with E-state index in [0.29, 0.717) is 0 Å². The predicted octanol–water partition coefficient (Wildman–Crippen LogP) is 2.37. The summed E-state index contributed by atoms with van der Waals surface area (Å²) in [5.41, 5.74) is 1.67. The lowest BCUT2D eigenvalue weighted by molar-refractivity contribution is -0.315. The van der Waals surface area contributed by atoms with Gasteiger partial charge in [-0.2, -0.15) is 0 Å². The quantitative estimate of drug-likeness (QED) is 0.593. The Morgan fingerprint density at radius 2 is 1.87 bits per heavy atom. The summed E-state index contributed by atoms with van der Waals surface area (Å²) in [4.78, 5) is 0. The van der Waals surface area contributed by atoms with Crippen molar-refractivity contribution in [1.29, 1.82) is 0 Å². The van der Waals surface area contributed by atoms with E-state index in [-0.39, 0.29) is 18.3 Å². The topological polar surface area (TPSA) is 97.6 Å². The second-order valence-electron chi connectivity index (χ2n) is 10.3. The van der Waals surface area contributed by atoms with Crippen LogP contribution in [0, 0.1) is 0 Å². The van der Waals surface area contributed by atoms with Crippen molar-refractivity contribution >= 4 is 14.4 Å². The van der Waals surface area contributed by atoms with Gasteiger partial charge in [0.15, 0.2) is 8.32 Å². The van der Waals surface area contributed by atoms with Gasteiger partial charge in [0, 0.05) is 0 Å². The van der Waals surface area contributed by atoms with Gasteiger partial charge in [0.25, 0.3) is 0 Å². The first kappa shape index (κ1) is 23.1. The maximum Gasteiger partial charge on any atom is 0.220 e. The monoisotopic (exact) mass is 450 g/mol. The first-order valence-electron chi connectivity index (χ1n) is 10.9. The maximum absolute atomic E-state index is 11.2. The molecule has 1 aliphatic carbocycles. The highest BCUT2D eigenvalue weighted by molar-refractivity contribution is 6.74. The SMILES string of the molecule is CC(C)(C)[Si](C)(C)OC[C@@]12OC[C@@H](O1)[C@@H](O)[C@@H](O[C@H]1C=Cc3ccccc3[C@@H]1O)[C@@H]2O. The standard InChI is InChI=1S/C23H34O7Si/c1-22(2,3)31(4,5)28-13-23-21(26)20(19(25)17(30-23)12-27-23)29-16-11-10-14-8-6-7-9-15(14)18(16)24/h6-11,16-21,24-26H,12-13H2,1-5H3/t16-,17+,18-,19+,20+,21-,23+/m0/s1. The van der Waals surface area contributed by atoms with Crippen molar-refractivity contribution in [2.45, 2.75) is 81.3 Å². The third-order valence-corrected chi connectivity index (χ3v) is 11.6. The Balaban J connectivity index is 1.52. The van der Waals surface area contributed by atoms with Crippen molar-refractivity contribution in [2.24, 2.45) is 0 Å². The minimum atomic E-state index is -2.12. The molecule has 8 heteroatoms. The molecule has 2 saturated heterocycles. The van der Waals surface area contributed by atoms with E-state index in [4.69, 9.17) is 18.6 Å². The highest BCUT2D eigenvalue weighted by Gasteiger charge is 2.61. The lowest BCUT2D eigenvalue weighted by atomic mass is 9.91. The fraction of sp³-hybridized carbons (Fsp3) is 0.652. The predicted molar refractivity (Wildman–Crippen MR) is 118 cm³/mol. The highest BCUT2D eigenvalue weighted by atomic mass is 28.4. The van der Waals surface area contributed by atoms with Crippen LogP contribution in [0.4, 0.5) is 0 Å². The zero-order chi connectivity index (χ0) is 22.6. The Morgan fingerprint density at radius 1 is 1.16 bits per heavy atom. The summed E-state index contributed by atoms with van der Waals surface area (Å²) in [6.07, 6.45) is -1.95. The molecule has 172 valence electrons. The smallest absolute Gasteiger partial charge is 0.220 e. The van der Waals surface area contributed by atoms with E-state index >= 15 is 0 Å². The van der Waals surface area contributed by atoms with Crippen LogP contribution >= 0.6 is 0 Å². The number of hydrogen-bond acceptors (Lipinski definition) is 7. The third-order valence-electron chi connectivity index (χ3n) is 7.17. The largest absolute Gasteiger partial charge is 0.411 e. The molecule has 0 unspecified atom stereocenters. The van der Waals surface area contributed by atoms with Crippen molar-refractivity contribution in [3.8, 4) is 0 Å². The van der Waals surface area contributed by atoms with Crippen LogP contribution in [-0.4, -0.2) is 73.2 Å². The van der Waals surface area contributed by atoms with Gasteiger partial charge in [-0.25, -0.2) is 0 Å². The van der Waals surface area contributed by atoms with Gasteiger partial charge in [0.1, 0.15) is 36.6 Å². The van der Waals surface area contributed by atoms with Crippen LogP contribution in [0.15, 0.2) is 30.3 Å². The summed E-state index contributed by atoms with van der Waals surface area (Å²) in [5.74, 6) is -1.40. The van der Waals surface area contributed by atoms with Crippen LogP contribution in [-0.2, 0) is 18.6 Å². The fourth-order valence-electron chi connectivity index (χ4n) is 4.05. The molecular weight excluding hydrogens is 416 g/mol. The fourth-order valence-corrected chi connectivity index (χ4v) is 5.04. The summed E-state index contributed by atoms with van der Waals surface area (Å²) in [7, 11) is -2.12.